The summed E-state index contributed by atoms with van der Waals surface area (Å²) < 4.78 is 5.61. The number of aryl methyl sites for hydroxylation is 1. The number of hydrogen-bond acceptors (Lipinski definition) is 3. The van der Waals surface area contributed by atoms with E-state index >= 15 is 0 Å². The van der Waals surface area contributed by atoms with Gasteiger partial charge in [0, 0.05) is 31.2 Å². The van der Waals surface area contributed by atoms with E-state index in [1.165, 1.54) is 6.92 Å². The van der Waals surface area contributed by atoms with Crippen LogP contribution in [-0.4, -0.2) is 35.0 Å². The second-order valence-electron chi connectivity index (χ2n) is 6.25. The predicted molar refractivity (Wildman–Crippen MR) is 89.4 cm³/mol. The first kappa shape index (κ1) is 15.7. The first-order valence-corrected chi connectivity index (χ1v) is 8.02. The van der Waals surface area contributed by atoms with Gasteiger partial charge in [-0.2, -0.15) is 0 Å². The van der Waals surface area contributed by atoms with Gasteiger partial charge in [-0.3, -0.25) is 9.59 Å². The van der Waals surface area contributed by atoms with Crippen molar-refractivity contribution in [1.29, 1.82) is 0 Å². The van der Waals surface area contributed by atoms with Crippen molar-refractivity contribution in [2.75, 3.05) is 13.2 Å². The number of hydrogen-bond donors (Lipinski definition) is 1. The van der Waals surface area contributed by atoms with Crippen LogP contribution in [0, 0.1) is 6.92 Å². The maximum atomic E-state index is 12.3. The van der Waals surface area contributed by atoms with E-state index in [0.717, 1.165) is 35.9 Å². The van der Waals surface area contributed by atoms with Crippen molar-refractivity contribution in [1.82, 2.24) is 9.88 Å². The number of nitrogens with zero attached hydrogens (tertiary/aromatic N) is 1. The molecule has 0 radical (unpaired) electrons. The molecule has 1 aliphatic rings. The largest absolute Gasteiger partial charge is 0.376 e. The van der Waals surface area contributed by atoms with Crippen LogP contribution in [-0.2, 0) is 16.1 Å². The van der Waals surface area contributed by atoms with Gasteiger partial charge in [0.2, 0.25) is 5.91 Å². The number of pyridine rings is 1. The minimum absolute atomic E-state index is 0.0381. The third kappa shape index (κ3) is 3.62. The van der Waals surface area contributed by atoms with E-state index in [-0.39, 0.29) is 17.6 Å². The van der Waals surface area contributed by atoms with Gasteiger partial charge < -0.3 is 14.6 Å². The van der Waals surface area contributed by atoms with Crippen molar-refractivity contribution >= 4 is 16.8 Å². The van der Waals surface area contributed by atoms with Gasteiger partial charge in [0.05, 0.1) is 12.6 Å². The fourth-order valence-electron chi connectivity index (χ4n) is 3.02. The summed E-state index contributed by atoms with van der Waals surface area (Å²) in [7, 11) is 0. The number of rotatable bonds is 4. The van der Waals surface area contributed by atoms with E-state index in [1.54, 1.807) is 4.90 Å². The second kappa shape index (κ2) is 6.54. The molecule has 1 amide bonds. The lowest BCUT2D eigenvalue weighted by Crippen LogP contribution is -2.36. The molecule has 1 fully saturated rings. The molecular formula is C18H22N2O3. The van der Waals surface area contributed by atoms with Gasteiger partial charge in [0.1, 0.15) is 0 Å². The van der Waals surface area contributed by atoms with Gasteiger partial charge in [-0.25, -0.2) is 0 Å². The number of carbonyl (C=O) groups excluding carboxylic acids is 1. The van der Waals surface area contributed by atoms with E-state index in [2.05, 4.69) is 4.98 Å². The Morgan fingerprint density at radius 1 is 1.39 bits per heavy atom. The van der Waals surface area contributed by atoms with E-state index in [9.17, 15) is 9.59 Å². The Balaban J connectivity index is 1.85. The lowest BCUT2D eigenvalue weighted by Gasteiger charge is -2.24. The van der Waals surface area contributed by atoms with Gasteiger partial charge in [-0.15, -0.1) is 0 Å². The Kier molecular flexibility index (Phi) is 4.48. The van der Waals surface area contributed by atoms with Crippen molar-refractivity contribution in [3.63, 3.8) is 0 Å². The van der Waals surface area contributed by atoms with Crippen LogP contribution in [0.25, 0.3) is 10.9 Å². The molecule has 0 aliphatic carbocycles. The van der Waals surface area contributed by atoms with Crippen LogP contribution in [0.1, 0.15) is 30.9 Å². The number of H-pyrrole nitrogens is 1. The Hall–Kier alpha value is -2.14. The molecule has 23 heavy (non-hydrogen) atoms. The number of nitrogens with one attached hydrogen (secondary N) is 1. The summed E-state index contributed by atoms with van der Waals surface area (Å²) in [5.74, 6) is -0.0381. The van der Waals surface area contributed by atoms with Gasteiger partial charge in [-0.1, -0.05) is 12.1 Å². The number of fused-ring (bicyclic) bond motifs is 1. The van der Waals surface area contributed by atoms with Crippen LogP contribution in [0.3, 0.4) is 0 Å². The Labute approximate surface area is 135 Å². The highest BCUT2D eigenvalue weighted by Crippen LogP contribution is 2.17. The Morgan fingerprint density at radius 2 is 2.22 bits per heavy atom. The van der Waals surface area contributed by atoms with Crippen LogP contribution in [0.4, 0.5) is 0 Å². The molecule has 1 saturated heterocycles. The van der Waals surface area contributed by atoms with Gasteiger partial charge in [0.25, 0.3) is 5.56 Å². The third-order valence-corrected chi connectivity index (χ3v) is 4.33. The minimum Gasteiger partial charge on any atom is -0.376 e. The summed E-state index contributed by atoms with van der Waals surface area (Å²) in [5, 5.41) is 0.978. The SMILES string of the molecule is CC(=O)N(Cc1cc2ccc(C)cc2[nH]c1=O)CC1CCCO1. The van der Waals surface area contributed by atoms with Crippen molar-refractivity contribution in [3.05, 3.63) is 45.7 Å². The van der Waals surface area contributed by atoms with Crippen LogP contribution in [0.5, 0.6) is 0 Å². The van der Waals surface area contributed by atoms with Gasteiger partial charge in [0.15, 0.2) is 0 Å². The number of aromatic amines is 1. The molecular weight excluding hydrogens is 292 g/mol. The van der Waals surface area contributed by atoms with Crippen molar-refractivity contribution in [3.8, 4) is 0 Å². The number of benzene rings is 1. The minimum atomic E-state index is -0.137. The quantitative estimate of drug-likeness (QED) is 0.942. The summed E-state index contributed by atoms with van der Waals surface area (Å²) in [6.07, 6.45) is 2.09. The van der Waals surface area contributed by atoms with E-state index in [1.807, 2.05) is 31.2 Å². The van der Waals surface area contributed by atoms with Gasteiger partial charge in [-0.05, 0) is 42.8 Å². The average molecular weight is 314 g/mol. The number of carbonyl (C=O) groups is 1. The fourth-order valence-corrected chi connectivity index (χ4v) is 3.02. The lowest BCUT2D eigenvalue weighted by molar-refractivity contribution is -0.131. The predicted octanol–water partition coefficient (Wildman–Crippen LogP) is 2.36. The molecule has 3 rings (SSSR count). The molecule has 5 heteroatoms. The maximum Gasteiger partial charge on any atom is 0.253 e. The molecule has 2 aromatic rings. The van der Waals surface area contributed by atoms with Crippen molar-refractivity contribution in [2.24, 2.45) is 0 Å². The summed E-state index contributed by atoms with van der Waals surface area (Å²) >= 11 is 0. The highest BCUT2D eigenvalue weighted by atomic mass is 16.5. The summed E-state index contributed by atoms with van der Waals surface area (Å²) in [4.78, 5) is 28.8. The van der Waals surface area contributed by atoms with E-state index in [0.29, 0.717) is 18.7 Å². The zero-order valence-corrected chi connectivity index (χ0v) is 13.6. The molecule has 5 nitrogen and oxygen atoms in total. The topological polar surface area (TPSA) is 62.4 Å². The van der Waals surface area contributed by atoms with Gasteiger partial charge >= 0.3 is 0 Å². The normalized spacial score (nSPS) is 17.6. The highest BCUT2D eigenvalue weighted by molar-refractivity contribution is 5.80. The molecule has 0 spiro atoms. The van der Waals surface area contributed by atoms with E-state index < -0.39 is 0 Å². The monoisotopic (exact) mass is 314 g/mol. The van der Waals surface area contributed by atoms with Crippen LogP contribution >= 0.6 is 0 Å². The molecule has 1 N–H and O–H groups in total. The van der Waals surface area contributed by atoms with Crippen LogP contribution < -0.4 is 5.56 Å². The summed E-state index contributed by atoms with van der Waals surface area (Å²) in [6.45, 7) is 5.14. The zero-order valence-electron chi connectivity index (χ0n) is 13.6. The third-order valence-electron chi connectivity index (χ3n) is 4.33. The average Bonchev–Trinajstić information content (AvgIpc) is 3.00. The lowest BCUT2D eigenvalue weighted by atomic mass is 10.1. The van der Waals surface area contributed by atoms with Crippen molar-refractivity contribution in [2.45, 2.75) is 39.3 Å². The zero-order chi connectivity index (χ0) is 16.4. The molecule has 2 heterocycles. The summed E-state index contributed by atoms with van der Waals surface area (Å²) in [6, 6.07) is 7.83. The van der Waals surface area contributed by atoms with Crippen LogP contribution in [0.2, 0.25) is 0 Å². The Morgan fingerprint density at radius 3 is 2.91 bits per heavy atom. The Bertz CT molecular complexity index is 775. The molecule has 1 unspecified atom stereocenters. The first-order chi connectivity index (χ1) is 11.0. The molecule has 1 aromatic heterocycles. The second-order valence-corrected chi connectivity index (χ2v) is 6.25. The van der Waals surface area contributed by atoms with Crippen molar-refractivity contribution < 1.29 is 9.53 Å². The molecule has 1 aromatic carbocycles. The smallest absolute Gasteiger partial charge is 0.253 e. The fraction of sp³-hybridized carbons (Fsp3) is 0.444. The standard InChI is InChI=1S/C18H22N2O3/c1-12-5-6-14-9-15(18(22)19-17(14)8-12)10-20(13(2)21)11-16-4-3-7-23-16/h5-6,8-9,16H,3-4,7,10-11H2,1-2H3,(H,19,22). The molecule has 0 bridgehead atoms. The molecule has 0 saturated carbocycles. The number of aromatic nitrogens is 1. The molecule has 122 valence electrons. The molecule has 1 atom stereocenters. The number of ether oxygens (including phenoxy) is 1. The number of amides is 1. The summed E-state index contributed by atoms with van der Waals surface area (Å²) in [5.41, 5.74) is 2.40. The highest BCUT2D eigenvalue weighted by Gasteiger charge is 2.21. The first-order valence-electron chi connectivity index (χ1n) is 8.02. The molecule has 1 aliphatic heterocycles. The van der Waals surface area contributed by atoms with E-state index in [4.69, 9.17) is 4.74 Å². The maximum absolute atomic E-state index is 12.3. The van der Waals surface area contributed by atoms with Crippen LogP contribution in [0.15, 0.2) is 29.1 Å².